The van der Waals surface area contributed by atoms with Crippen molar-refractivity contribution in [1.82, 2.24) is 5.32 Å². The molecule has 2 aromatic carbocycles. The third kappa shape index (κ3) is 4.57. The number of methoxy groups -OCH3 is 1. The highest BCUT2D eigenvalue weighted by Crippen LogP contribution is 2.16. The fraction of sp³-hybridized carbons (Fsp3) is 0.222. The molecule has 0 atom stereocenters. The van der Waals surface area contributed by atoms with Crippen molar-refractivity contribution in [3.05, 3.63) is 59.7 Å². The average Bonchev–Trinajstić information content (AvgIpc) is 2.59. The number of anilines is 1. The van der Waals surface area contributed by atoms with E-state index in [2.05, 4.69) is 17.6 Å². The smallest absolute Gasteiger partial charge is 0.255 e. The number of amides is 2. The van der Waals surface area contributed by atoms with Crippen LogP contribution in [-0.4, -0.2) is 25.5 Å². The number of carbonyl (C=O) groups is 2. The Labute approximate surface area is 135 Å². The number of hydrogen-bond donors (Lipinski definition) is 2. The normalized spacial score (nSPS) is 10.0. The van der Waals surface area contributed by atoms with Crippen molar-refractivity contribution < 1.29 is 14.3 Å². The van der Waals surface area contributed by atoms with Gasteiger partial charge in [0.05, 0.1) is 19.2 Å². The van der Waals surface area contributed by atoms with Crippen LogP contribution in [0.25, 0.3) is 0 Å². The number of ether oxygens (including phenoxy) is 1. The molecule has 0 aromatic heterocycles. The molecule has 0 spiro atoms. The molecule has 2 aromatic rings. The van der Waals surface area contributed by atoms with Gasteiger partial charge < -0.3 is 15.4 Å². The van der Waals surface area contributed by atoms with Crippen LogP contribution in [0.5, 0.6) is 5.75 Å². The Hall–Kier alpha value is -2.82. The van der Waals surface area contributed by atoms with Crippen LogP contribution in [0, 0.1) is 0 Å². The maximum Gasteiger partial charge on any atom is 0.255 e. The summed E-state index contributed by atoms with van der Waals surface area (Å²) in [6.45, 7) is 1.95. The van der Waals surface area contributed by atoms with Gasteiger partial charge in [-0.25, -0.2) is 0 Å². The molecule has 0 aliphatic rings. The van der Waals surface area contributed by atoms with Gasteiger partial charge in [0.2, 0.25) is 5.91 Å². The van der Waals surface area contributed by atoms with E-state index in [9.17, 15) is 9.59 Å². The van der Waals surface area contributed by atoms with E-state index in [1.54, 1.807) is 24.3 Å². The molecule has 0 heterocycles. The number of carbonyl (C=O) groups excluding carboxylic acids is 2. The largest absolute Gasteiger partial charge is 0.496 e. The quantitative estimate of drug-likeness (QED) is 0.861. The van der Waals surface area contributed by atoms with Crippen LogP contribution in [0.1, 0.15) is 22.8 Å². The second kappa shape index (κ2) is 7.98. The number of hydrogen-bond acceptors (Lipinski definition) is 3. The lowest BCUT2D eigenvalue weighted by Gasteiger charge is -2.10. The summed E-state index contributed by atoms with van der Waals surface area (Å²) in [5.74, 6) is -0.150. The molecule has 0 saturated heterocycles. The molecule has 5 heteroatoms. The predicted octanol–water partition coefficient (Wildman–Crippen LogP) is 2.63. The average molecular weight is 312 g/mol. The number of nitrogens with one attached hydrogen (secondary N) is 2. The molecule has 2 N–H and O–H groups in total. The molecular weight excluding hydrogens is 292 g/mol. The zero-order chi connectivity index (χ0) is 16.7. The first kappa shape index (κ1) is 16.5. The van der Waals surface area contributed by atoms with Gasteiger partial charge in [-0.05, 0) is 36.2 Å². The van der Waals surface area contributed by atoms with Crippen molar-refractivity contribution in [3.63, 3.8) is 0 Å². The molecule has 0 radical (unpaired) electrons. The minimum atomic E-state index is -0.347. The Morgan fingerprint density at radius 3 is 2.61 bits per heavy atom. The SMILES string of the molecule is CCc1cccc(NC(=O)CNC(=O)c2ccccc2OC)c1. The standard InChI is InChI=1S/C18H20N2O3/c1-3-13-7-6-8-14(11-13)20-17(21)12-19-18(22)15-9-4-5-10-16(15)23-2/h4-11H,3,12H2,1-2H3,(H,19,22)(H,20,21). The van der Waals surface area contributed by atoms with Gasteiger partial charge in [-0.2, -0.15) is 0 Å². The fourth-order valence-electron chi connectivity index (χ4n) is 2.16. The Morgan fingerprint density at radius 1 is 1.09 bits per heavy atom. The zero-order valence-corrected chi connectivity index (χ0v) is 13.3. The Kier molecular flexibility index (Phi) is 5.74. The van der Waals surface area contributed by atoms with Gasteiger partial charge >= 0.3 is 0 Å². The van der Waals surface area contributed by atoms with Crippen molar-refractivity contribution >= 4 is 17.5 Å². The van der Waals surface area contributed by atoms with Crippen LogP contribution in [0.15, 0.2) is 48.5 Å². The Bertz CT molecular complexity index is 698. The van der Waals surface area contributed by atoms with Crippen molar-refractivity contribution in [2.45, 2.75) is 13.3 Å². The minimum Gasteiger partial charge on any atom is -0.496 e. The lowest BCUT2D eigenvalue weighted by molar-refractivity contribution is -0.115. The maximum absolute atomic E-state index is 12.1. The highest BCUT2D eigenvalue weighted by molar-refractivity contribution is 6.00. The monoisotopic (exact) mass is 312 g/mol. The lowest BCUT2D eigenvalue weighted by Crippen LogP contribution is -2.33. The Morgan fingerprint density at radius 2 is 1.87 bits per heavy atom. The first-order chi connectivity index (χ1) is 11.1. The van der Waals surface area contributed by atoms with Gasteiger partial charge in [0, 0.05) is 5.69 Å². The van der Waals surface area contributed by atoms with Gasteiger partial charge in [-0.3, -0.25) is 9.59 Å². The molecule has 0 saturated carbocycles. The van der Waals surface area contributed by atoms with E-state index in [-0.39, 0.29) is 18.4 Å². The lowest BCUT2D eigenvalue weighted by atomic mass is 10.1. The second-order valence-corrected chi connectivity index (χ2v) is 4.99. The van der Waals surface area contributed by atoms with E-state index in [0.29, 0.717) is 11.3 Å². The van der Waals surface area contributed by atoms with E-state index in [1.165, 1.54) is 7.11 Å². The molecular formula is C18H20N2O3. The molecule has 0 fully saturated rings. The predicted molar refractivity (Wildman–Crippen MR) is 89.8 cm³/mol. The minimum absolute atomic E-state index is 0.104. The molecule has 0 aliphatic heterocycles. The highest BCUT2D eigenvalue weighted by atomic mass is 16.5. The van der Waals surface area contributed by atoms with E-state index in [4.69, 9.17) is 4.74 Å². The number of rotatable bonds is 6. The van der Waals surface area contributed by atoms with Gasteiger partial charge in [-0.1, -0.05) is 31.2 Å². The molecule has 0 bridgehead atoms. The summed E-state index contributed by atoms with van der Waals surface area (Å²) in [5.41, 5.74) is 2.26. The summed E-state index contributed by atoms with van der Waals surface area (Å²) in [6, 6.07) is 14.5. The first-order valence-corrected chi connectivity index (χ1v) is 7.44. The first-order valence-electron chi connectivity index (χ1n) is 7.44. The summed E-state index contributed by atoms with van der Waals surface area (Å²) in [7, 11) is 1.50. The van der Waals surface area contributed by atoms with Gasteiger partial charge in [0.1, 0.15) is 5.75 Å². The maximum atomic E-state index is 12.1. The molecule has 0 aliphatic carbocycles. The van der Waals surface area contributed by atoms with Crippen molar-refractivity contribution in [1.29, 1.82) is 0 Å². The van der Waals surface area contributed by atoms with Crippen molar-refractivity contribution in [3.8, 4) is 5.75 Å². The number of para-hydroxylation sites is 1. The van der Waals surface area contributed by atoms with E-state index >= 15 is 0 Å². The van der Waals surface area contributed by atoms with E-state index in [0.717, 1.165) is 17.7 Å². The van der Waals surface area contributed by atoms with Crippen LogP contribution in [-0.2, 0) is 11.2 Å². The topological polar surface area (TPSA) is 67.4 Å². The molecule has 23 heavy (non-hydrogen) atoms. The Balaban J connectivity index is 1.92. The van der Waals surface area contributed by atoms with Gasteiger partial charge in [0.25, 0.3) is 5.91 Å². The van der Waals surface area contributed by atoms with Gasteiger partial charge in [-0.15, -0.1) is 0 Å². The van der Waals surface area contributed by atoms with Crippen molar-refractivity contribution in [2.75, 3.05) is 19.0 Å². The summed E-state index contributed by atoms with van der Waals surface area (Å²) in [4.78, 5) is 24.1. The van der Waals surface area contributed by atoms with E-state index in [1.807, 2.05) is 24.3 Å². The molecule has 0 unspecified atom stereocenters. The second-order valence-electron chi connectivity index (χ2n) is 4.99. The molecule has 120 valence electrons. The van der Waals surface area contributed by atoms with Crippen LogP contribution < -0.4 is 15.4 Å². The van der Waals surface area contributed by atoms with Gasteiger partial charge in [0.15, 0.2) is 0 Å². The fourth-order valence-corrected chi connectivity index (χ4v) is 2.16. The van der Waals surface area contributed by atoms with Crippen molar-refractivity contribution in [2.24, 2.45) is 0 Å². The molecule has 2 amide bonds. The summed E-state index contributed by atoms with van der Waals surface area (Å²) >= 11 is 0. The number of benzene rings is 2. The van der Waals surface area contributed by atoms with Crippen LogP contribution in [0.3, 0.4) is 0 Å². The zero-order valence-electron chi connectivity index (χ0n) is 13.3. The third-order valence-corrected chi connectivity index (χ3v) is 3.38. The summed E-state index contributed by atoms with van der Waals surface area (Å²) < 4.78 is 5.13. The van der Waals surface area contributed by atoms with Crippen LogP contribution in [0.4, 0.5) is 5.69 Å². The highest BCUT2D eigenvalue weighted by Gasteiger charge is 2.12. The third-order valence-electron chi connectivity index (χ3n) is 3.38. The van der Waals surface area contributed by atoms with E-state index < -0.39 is 0 Å². The molecule has 5 nitrogen and oxygen atoms in total. The number of aryl methyl sites for hydroxylation is 1. The van der Waals surface area contributed by atoms with Crippen LogP contribution in [0.2, 0.25) is 0 Å². The van der Waals surface area contributed by atoms with Crippen LogP contribution >= 0.6 is 0 Å². The summed E-state index contributed by atoms with van der Waals surface area (Å²) in [5, 5.41) is 5.36. The summed E-state index contributed by atoms with van der Waals surface area (Å²) in [6.07, 6.45) is 0.897. The molecule has 2 rings (SSSR count).